The molecule has 0 saturated heterocycles. The van der Waals surface area contributed by atoms with Crippen molar-refractivity contribution in [1.29, 1.82) is 0 Å². The van der Waals surface area contributed by atoms with Crippen LogP contribution in [0.3, 0.4) is 0 Å². The van der Waals surface area contributed by atoms with Crippen LogP contribution in [0.4, 0.5) is 13.2 Å². The van der Waals surface area contributed by atoms with E-state index in [-0.39, 0.29) is 16.4 Å². The van der Waals surface area contributed by atoms with Gasteiger partial charge in [0.25, 0.3) is 0 Å². The largest absolute Gasteiger partial charge is 0.573 e. The second-order valence-corrected chi connectivity index (χ2v) is 10.1. The van der Waals surface area contributed by atoms with Crippen molar-refractivity contribution in [3.8, 4) is 5.75 Å². The molecule has 1 aliphatic rings. The highest BCUT2D eigenvalue weighted by Crippen LogP contribution is 2.30. The molecule has 186 valence electrons. The van der Waals surface area contributed by atoms with Crippen molar-refractivity contribution in [3.63, 3.8) is 0 Å². The summed E-state index contributed by atoms with van der Waals surface area (Å²) in [4.78, 5) is 12.9. The van der Waals surface area contributed by atoms with E-state index in [2.05, 4.69) is 14.8 Å². The molecule has 0 radical (unpaired) electrons. The maximum absolute atomic E-state index is 12.7. The lowest BCUT2D eigenvalue weighted by Gasteiger charge is -2.13. The van der Waals surface area contributed by atoms with Crippen LogP contribution in [0.15, 0.2) is 41.3 Å². The van der Waals surface area contributed by atoms with Crippen molar-refractivity contribution in [2.24, 2.45) is 0 Å². The van der Waals surface area contributed by atoms with Gasteiger partial charge in [0.15, 0.2) is 5.78 Å². The van der Waals surface area contributed by atoms with Crippen molar-refractivity contribution in [2.75, 3.05) is 20.1 Å². The van der Waals surface area contributed by atoms with Crippen LogP contribution >= 0.6 is 0 Å². The highest BCUT2D eigenvalue weighted by Gasteiger charge is 2.32. The molecule has 2 N–H and O–H groups in total. The van der Waals surface area contributed by atoms with E-state index in [1.165, 1.54) is 25.2 Å². The Kier molecular flexibility index (Phi) is 8.72. The molecule has 10 heteroatoms. The Morgan fingerprint density at radius 2 is 1.85 bits per heavy atom. The van der Waals surface area contributed by atoms with E-state index in [0.29, 0.717) is 56.3 Å². The number of alkyl halides is 3. The van der Waals surface area contributed by atoms with Crippen LogP contribution in [0.25, 0.3) is 0 Å². The normalized spacial score (nSPS) is 13.6. The number of ether oxygens (including phenoxy) is 1. The number of nitrogens with one attached hydrogen (secondary N) is 2. The molecule has 34 heavy (non-hydrogen) atoms. The molecule has 0 unspecified atom stereocenters. The third-order valence-electron chi connectivity index (χ3n) is 5.83. The second-order valence-electron chi connectivity index (χ2n) is 8.21. The lowest BCUT2D eigenvalue weighted by molar-refractivity contribution is -0.274. The van der Waals surface area contributed by atoms with Gasteiger partial charge in [-0.3, -0.25) is 4.79 Å². The van der Waals surface area contributed by atoms with Gasteiger partial charge in [-0.25, -0.2) is 13.1 Å². The highest BCUT2D eigenvalue weighted by atomic mass is 32.2. The van der Waals surface area contributed by atoms with E-state index in [0.717, 1.165) is 24.0 Å². The molecule has 3 rings (SSSR count). The van der Waals surface area contributed by atoms with Crippen molar-refractivity contribution in [1.82, 2.24) is 10.0 Å². The number of para-hydroxylation sites is 1. The molecule has 0 aromatic heterocycles. The van der Waals surface area contributed by atoms with E-state index >= 15 is 0 Å². The summed E-state index contributed by atoms with van der Waals surface area (Å²) in [5.74, 6) is -0.295. The SMILES string of the molecule is CNS(=O)(=O)c1cc(C(=O)CCCCNCCc2ccccc2OC(F)(F)F)cc2c1CCC2. The Balaban J connectivity index is 1.45. The highest BCUT2D eigenvalue weighted by molar-refractivity contribution is 7.89. The third-order valence-corrected chi connectivity index (χ3v) is 7.31. The van der Waals surface area contributed by atoms with Crippen molar-refractivity contribution in [2.45, 2.75) is 56.2 Å². The Hall–Kier alpha value is -2.43. The number of carbonyl (C=O) groups excluding carboxylic acids is 1. The fraction of sp³-hybridized carbons (Fsp3) is 0.458. The number of hydrogen-bond acceptors (Lipinski definition) is 5. The summed E-state index contributed by atoms with van der Waals surface area (Å²) in [6.07, 6.45) is -0.401. The van der Waals surface area contributed by atoms with Crippen molar-refractivity contribution >= 4 is 15.8 Å². The quantitative estimate of drug-likeness (QED) is 0.339. The summed E-state index contributed by atoms with van der Waals surface area (Å²) < 4.78 is 68.7. The molecule has 0 amide bonds. The molecule has 2 aromatic rings. The Morgan fingerprint density at radius 1 is 1.09 bits per heavy atom. The number of fused-ring (bicyclic) bond motifs is 1. The van der Waals surface area contributed by atoms with Crippen molar-refractivity contribution in [3.05, 3.63) is 58.7 Å². The van der Waals surface area contributed by atoms with E-state index in [9.17, 15) is 26.4 Å². The smallest absolute Gasteiger partial charge is 0.406 e. The van der Waals surface area contributed by atoms with Crippen molar-refractivity contribution < 1.29 is 31.1 Å². The predicted octanol–water partition coefficient (Wildman–Crippen LogP) is 4.17. The van der Waals surface area contributed by atoms with Crippen LogP contribution in [0, 0.1) is 0 Å². The van der Waals surface area contributed by atoms with Gasteiger partial charge in [-0.2, -0.15) is 0 Å². The number of unbranched alkanes of at least 4 members (excludes halogenated alkanes) is 1. The average Bonchev–Trinajstić information content (AvgIpc) is 3.26. The Bertz CT molecular complexity index is 1120. The molecule has 0 aliphatic heterocycles. The summed E-state index contributed by atoms with van der Waals surface area (Å²) in [5, 5.41) is 3.17. The summed E-state index contributed by atoms with van der Waals surface area (Å²) in [6.45, 7) is 1.08. The van der Waals surface area contributed by atoms with Crippen LogP contribution in [0.1, 0.15) is 52.7 Å². The maximum Gasteiger partial charge on any atom is 0.573 e. The average molecular weight is 499 g/mol. The topological polar surface area (TPSA) is 84.5 Å². The van der Waals surface area contributed by atoms with Gasteiger partial charge in [0.05, 0.1) is 4.90 Å². The minimum Gasteiger partial charge on any atom is -0.406 e. The van der Waals surface area contributed by atoms with Gasteiger partial charge in [-0.1, -0.05) is 18.2 Å². The molecule has 0 bridgehead atoms. The zero-order chi connectivity index (χ0) is 24.8. The summed E-state index contributed by atoms with van der Waals surface area (Å²) in [7, 11) is -2.27. The zero-order valence-electron chi connectivity index (χ0n) is 19.0. The molecular formula is C24H29F3N2O4S. The standard InChI is InChI=1S/C24H29F3N2O4S/c1-28-34(31,32)23-16-19(15-18-8-6-9-20(18)23)21(30)10-4-5-13-29-14-12-17-7-2-3-11-22(17)33-24(25,26)27/h2-3,7,11,15-16,28-29H,4-6,8-10,12-14H2,1H3. The third kappa shape index (κ3) is 7.04. The summed E-state index contributed by atoms with van der Waals surface area (Å²) in [5.41, 5.74) is 2.61. The van der Waals surface area contributed by atoms with E-state index < -0.39 is 16.4 Å². The monoisotopic (exact) mass is 498 g/mol. The number of Topliss-reactive ketones (excluding diaryl/α,β-unsaturated/α-hetero) is 1. The number of carbonyl (C=O) groups is 1. The maximum atomic E-state index is 12.7. The number of benzene rings is 2. The van der Waals surface area contributed by atoms with Crippen LogP contribution < -0.4 is 14.8 Å². The Labute approximate surface area is 197 Å². The lowest BCUT2D eigenvalue weighted by Crippen LogP contribution is -2.21. The number of halogens is 3. The first kappa shape index (κ1) is 26.2. The number of ketones is 1. The van der Waals surface area contributed by atoms with Gasteiger partial charge >= 0.3 is 6.36 Å². The molecule has 1 aliphatic carbocycles. The molecule has 0 fully saturated rings. The number of sulfonamides is 1. The van der Waals surface area contributed by atoms with E-state index in [1.54, 1.807) is 12.1 Å². The van der Waals surface area contributed by atoms with Crippen LogP contribution in [0.2, 0.25) is 0 Å². The van der Waals surface area contributed by atoms with Crippen LogP contribution in [-0.2, 0) is 29.3 Å². The van der Waals surface area contributed by atoms with Crippen LogP contribution in [0.5, 0.6) is 5.75 Å². The molecule has 6 nitrogen and oxygen atoms in total. The van der Waals surface area contributed by atoms with Gasteiger partial charge in [-0.05, 0) is 93.6 Å². The fourth-order valence-corrected chi connectivity index (χ4v) is 5.20. The second kappa shape index (κ2) is 11.3. The number of hydrogen-bond donors (Lipinski definition) is 2. The number of rotatable bonds is 12. The van der Waals surface area contributed by atoms with Gasteiger partial charge in [-0.15, -0.1) is 13.2 Å². The van der Waals surface area contributed by atoms with Gasteiger partial charge in [0, 0.05) is 12.0 Å². The minimum atomic E-state index is -4.73. The molecular weight excluding hydrogens is 469 g/mol. The Morgan fingerprint density at radius 3 is 2.59 bits per heavy atom. The van der Waals surface area contributed by atoms with Gasteiger partial charge in [0.1, 0.15) is 5.75 Å². The summed E-state index contributed by atoms with van der Waals surface area (Å²) >= 11 is 0. The van der Waals surface area contributed by atoms with Crippen LogP contribution in [-0.4, -0.2) is 40.7 Å². The van der Waals surface area contributed by atoms with E-state index in [4.69, 9.17) is 0 Å². The first-order chi connectivity index (χ1) is 16.1. The minimum absolute atomic E-state index is 0.0968. The first-order valence-corrected chi connectivity index (χ1v) is 12.8. The fourth-order valence-electron chi connectivity index (χ4n) is 4.14. The van der Waals surface area contributed by atoms with E-state index in [1.807, 2.05) is 6.07 Å². The molecule has 2 aromatic carbocycles. The lowest BCUT2D eigenvalue weighted by atomic mass is 10.0. The van der Waals surface area contributed by atoms with Gasteiger partial charge in [0.2, 0.25) is 10.0 Å². The predicted molar refractivity (Wildman–Crippen MR) is 123 cm³/mol. The van der Waals surface area contributed by atoms with Gasteiger partial charge < -0.3 is 10.1 Å². The first-order valence-electron chi connectivity index (χ1n) is 11.3. The summed E-state index contributed by atoms with van der Waals surface area (Å²) in [6, 6.07) is 9.35. The molecule has 0 saturated carbocycles. The zero-order valence-corrected chi connectivity index (χ0v) is 19.8. The molecule has 0 atom stereocenters. The molecule has 0 heterocycles. The molecule has 0 spiro atoms. The number of aryl methyl sites for hydroxylation is 1.